The van der Waals surface area contributed by atoms with Crippen LogP contribution in [0.5, 0.6) is 5.75 Å². The average Bonchev–Trinajstić information content (AvgIpc) is 2.50. The van der Waals surface area contributed by atoms with Gasteiger partial charge in [0.1, 0.15) is 5.69 Å². The summed E-state index contributed by atoms with van der Waals surface area (Å²) in [5, 5.41) is 37.1. The fraction of sp³-hybridized carbons (Fsp3) is 0. The van der Waals surface area contributed by atoms with Crippen LogP contribution in [0.1, 0.15) is 5.56 Å². The van der Waals surface area contributed by atoms with Crippen LogP contribution in [0.4, 0.5) is 17.1 Å². The molecule has 0 fully saturated rings. The number of hydrazone groups is 1. The molecule has 9 nitrogen and oxygen atoms in total. The van der Waals surface area contributed by atoms with Gasteiger partial charge in [-0.15, -0.1) is 0 Å². The average molecular weight is 336 g/mol. The van der Waals surface area contributed by atoms with Crippen molar-refractivity contribution < 1.29 is 15.0 Å². The van der Waals surface area contributed by atoms with Gasteiger partial charge in [0.25, 0.3) is 11.4 Å². The molecule has 2 aromatic rings. The van der Waals surface area contributed by atoms with Crippen molar-refractivity contribution in [3.63, 3.8) is 0 Å². The number of benzene rings is 2. The second-order valence-electron chi connectivity index (χ2n) is 4.24. The smallest absolute Gasteiger partial charge is 0.294 e. The van der Waals surface area contributed by atoms with Gasteiger partial charge in [-0.25, -0.2) is 0 Å². The Morgan fingerprint density at radius 3 is 2.39 bits per heavy atom. The van der Waals surface area contributed by atoms with E-state index in [2.05, 4.69) is 10.5 Å². The molecule has 0 saturated carbocycles. The molecule has 0 aliphatic heterocycles. The lowest BCUT2D eigenvalue weighted by Crippen LogP contribution is -2.03. The van der Waals surface area contributed by atoms with Crippen LogP contribution in [0.15, 0.2) is 41.5 Å². The Hall–Kier alpha value is -3.20. The normalized spacial score (nSPS) is 10.7. The van der Waals surface area contributed by atoms with E-state index in [0.29, 0.717) is 0 Å². The molecular weight excluding hydrogens is 328 g/mol. The first-order chi connectivity index (χ1) is 10.9. The highest BCUT2D eigenvalue weighted by atomic mass is 35.5. The summed E-state index contributed by atoms with van der Waals surface area (Å²) in [5.74, 6) is -0.854. The Bertz CT molecular complexity index is 809. The van der Waals surface area contributed by atoms with E-state index in [1.165, 1.54) is 24.3 Å². The summed E-state index contributed by atoms with van der Waals surface area (Å²) < 4.78 is 0. The van der Waals surface area contributed by atoms with E-state index in [4.69, 9.17) is 11.6 Å². The van der Waals surface area contributed by atoms with Crippen molar-refractivity contribution in [3.05, 3.63) is 67.2 Å². The molecule has 0 aliphatic carbocycles. The van der Waals surface area contributed by atoms with E-state index in [-0.39, 0.29) is 22.0 Å². The van der Waals surface area contributed by atoms with Crippen molar-refractivity contribution >= 4 is 34.9 Å². The fourth-order valence-corrected chi connectivity index (χ4v) is 1.95. The van der Waals surface area contributed by atoms with Gasteiger partial charge in [0, 0.05) is 17.2 Å². The van der Waals surface area contributed by atoms with Gasteiger partial charge >= 0.3 is 0 Å². The molecule has 118 valence electrons. The van der Waals surface area contributed by atoms with E-state index in [0.717, 1.165) is 12.3 Å². The van der Waals surface area contributed by atoms with Crippen molar-refractivity contribution in [1.29, 1.82) is 0 Å². The zero-order valence-electron chi connectivity index (χ0n) is 11.3. The van der Waals surface area contributed by atoms with Gasteiger partial charge in [0.2, 0.25) is 0 Å². The van der Waals surface area contributed by atoms with E-state index >= 15 is 0 Å². The Labute approximate surface area is 134 Å². The predicted octanol–water partition coefficient (Wildman–Crippen LogP) is 2.68. The molecular formula is C13H8ClN4O5-. The van der Waals surface area contributed by atoms with Crippen LogP contribution in [0.3, 0.4) is 0 Å². The molecule has 2 rings (SSSR count). The first-order valence-electron chi connectivity index (χ1n) is 6.07. The summed E-state index contributed by atoms with van der Waals surface area (Å²) in [6.45, 7) is 0. The van der Waals surface area contributed by atoms with Gasteiger partial charge in [-0.3, -0.25) is 25.7 Å². The van der Waals surface area contributed by atoms with Gasteiger partial charge in [-0.2, -0.15) is 5.10 Å². The Morgan fingerprint density at radius 2 is 1.74 bits per heavy atom. The second-order valence-corrected chi connectivity index (χ2v) is 4.68. The highest BCUT2D eigenvalue weighted by Gasteiger charge is 2.12. The summed E-state index contributed by atoms with van der Waals surface area (Å²) in [5.41, 5.74) is 1.53. The Balaban J connectivity index is 2.29. The van der Waals surface area contributed by atoms with Crippen molar-refractivity contribution in [3.8, 4) is 5.75 Å². The third-order valence-electron chi connectivity index (χ3n) is 2.75. The first kappa shape index (κ1) is 16.2. The third-order valence-corrected chi connectivity index (χ3v) is 2.97. The molecule has 0 aliphatic rings. The van der Waals surface area contributed by atoms with Crippen LogP contribution in [0.2, 0.25) is 5.02 Å². The highest BCUT2D eigenvalue weighted by molar-refractivity contribution is 6.31. The minimum Gasteiger partial charge on any atom is -0.867 e. The van der Waals surface area contributed by atoms with Gasteiger partial charge in [0.05, 0.1) is 16.1 Å². The number of nitro groups is 2. The number of rotatable bonds is 5. The molecule has 0 radical (unpaired) electrons. The quantitative estimate of drug-likeness (QED) is 0.507. The van der Waals surface area contributed by atoms with E-state index in [1.807, 2.05) is 0 Å². The molecule has 10 heteroatoms. The standard InChI is InChI=1S/C13H9ClN4O5/c14-9-5-8(13(19)12(6-9)18(22)23)7-15-16-10-3-1-2-4-11(10)17(20)21/h1-7,16,19H/p-1/b15-7-. The molecule has 0 spiro atoms. The predicted molar refractivity (Wildman–Crippen MR) is 81.9 cm³/mol. The minimum absolute atomic E-state index is 0.00319. The van der Waals surface area contributed by atoms with Gasteiger partial charge < -0.3 is 5.11 Å². The summed E-state index contributed by atoms with van der Waals surface area (Å²) in [7, 11) is 0. The monoisotopic (exact) mass is 335 g/mol. The van der Waals surface area contributed by atoms with E-state index in [1.54, 1.807) is 6.07 Å². The van der Waals surface area contributed by atoms with Gasteiger partial charge in [-0.05, 0) is 23.4 Å². The molecule has 0 atom stereocenters. The van der Waals surface area contributed by atoms with Crippen molar-refractivity contribution in [2.24, 2.45) is 5.10 Å². The van der Waals surface area contributed by atoms with Crippen LogP contribution in [-0.2, 0) is 0 Å². The maximum atomic E-state index is 11.9. The van der Waals surface area contributed by atoms with Crippen LogP contribution in [0, 0.1) is 20.2 Å². The van der Waals surface area contributed by atoms with Gasteiger partial charge in [-0.1, -0.05) is 23.7 Å². The maximum absolute atomic E-state index is 11.9. The lowest BCUT2D eigenvalue weighted by molar-refractivity contribution is -0.398. The number of hydrogen-bond donors (Lipinski definition) is 1. The largest absolute Gasteiger partial charge is 0.867 e. The van der Waals surface area contributed by atoms with Crippen LogP contribution in [-0.4, -0.2) is 16.1 Å². The van der Waals surface area contributed by atoms with Crippen molar-refractivity contribution in [1.82, 2.24) is 0 Å². The summed E-state index contributed by atoms with van der Waals surface area (Å²) in [6, 6.07) is 7.91. The summed E-state index contributed by atoms with van der Waals surface area (Å²) in [6.07, 6.45) is 1.01. The number of hydrogen-bond acceptors (Lipinski definition) is 7. The molecule has 0 saturated heterocycles. The molecule has 0 bridgehead atoms. The van der Waals surface area contributed by atoms with Crippen molar-refractivity contribution in [2.75, 3.05) is 5.43 Å². The van der Waals surface area contributed by atoms with Crippen molar-refractivity contribution in [2.45, 2.75) is 0 Å². The minimum atomic E-state index is -0.854. The molecule has 23 heavy (non-hydrogen) atoms. The van der Waals surface area contributed by atoms with Crippen LogP contribution >= 0.6 is 11.6 Å². The number of nitrogens with one attached hydrogen (secondary N) is 1. The molecule has 2 aromatic carbocycles. The third kappa shape index (κ3) is 3.71. The SMILES string of the molecule is O=[N+]([O-])c1ccccc1N/N=C\c1cc(Cl)cc([N+](=O)[O-])c1[O-]. The molecule has 1 N–H and O–H groups in total. The van der Waals surface area contributed by atoms with Crippen LogP contribution < -0.4 is 10.5 Å². The van der Waals surface area contributed by atoms with Gasteiger partial charge in [0.15, 0.2) is 0 Å². The molecule has 0 amide bonds. The highest BCUT2D eigenvalue weighted by Crippen LogP contribution is 2.30. The summed E-state index contributed by atoms with van der Waals surface area (Å²) in [4.78, 5) is 20.2. The van der Waals surface area contributed by atoms with Crippen LogP contribution in [0.25, 0.3) is 0 Å². The zero-order chi connectivity index (χ0) is 17.0. The Morgan fingerprint density at radius 1 is 1.09 bits per heavy atom. The maximum Gasteiger partial charge on any atom is 0.294 e. The Kier molecular flexibility index (Phi) is 4.72. The number of anilines is 1. The number of para-hydroxylation sites is 2. The molecule has 0 heterocycles. The number of halogens is 1. The lowest BCUT2D eigenvalue weighted by Gasteiger charge is -2.10. The fourth-order valence-electron chi connectivity index (χ4n) is 1.73. The summed E-state index contributed by atoms with van der Waals surface area (Å²) >= 11 is 5.71. The lowest BCUT2D eigenvalue weighted by atomic mass is 10.2. The van der Waals surface area contributed by atoms with E-state index < -0.39 is 21.3 Å². The first-order valence-corrected chi connectivity index (χ1v) is 6.45. The topological polar surface area (TPSA) is 134 Å². The van der Waals surface area contributed by atoms with E-state index in [9.17, 15) is 25.3 Å². The zero-order valence-corrected chi connectivity index (χ0v) is 12.1. The second kappa shape index (κ2) is 6.71. The number of nitro benzene ring substituents is 2. The molecule has 0 unspecified atom stereocenters. The molecule has 0 aromatic heterocycles. The number of nitrogens with zero attached hydrogens (tertiary/aromatic N) is 3.